The summed E-state index contributed by atoms with van der Waals surface area (Å²) < 4.78 is 26.8. The van der Waals surface area contributed by atoms with E-state index in [4.69, 9.17) is 18.0 Å². The van der Waals surface area contributed by atoms with Crippen molar-refractivity contribution < 1.29 is 13.2 Å². The van der Waals surface area contributed by atoms with Crippen LogP contribution in [0.3, 0.4) is 0 Å². The number of thiocarbonyl (C=S) groups is 1. The molecule has 1 amide bonds. The van der Waals surface area contributed by atoms with Gasteiger partial charge >= 0.3 is 0 Å². The van der Waals surface area contributed by atoms with Gasteiger partial charge in [0.15, 0.2) is 0 Å². The number of hydrogen-bond donors (Lipinski definition) is 3. The topological polar surface area (TPSA) is 101 Å². The van der Waals surface area contributed by atoms with E-state index in [1.54, 1.807) is 12.1 Å². The highest BCUT2D eigenvalue weighted by molar-refractivity contribution is 7.89. The Balaban J connectivity index is 2.11. The summed E-state index contributed by atoms with van der Waals surface area (Å²) in [5.41, 5.74) is 5.95. The molecule has 1 aromatic rings. The standard InChI is InChI=1S/C13H17N3O3S2/c1-8(13(17)15-10-5-6-10)16-21(18,19)11-4-2-3-9(7-11)12(14)20/h2-4,7-8,10,16H,5-6H2,1H3,(H2,14,20)(H,15,17). The zero-order valence-electron chi connectivity index (χ0n) is 11.5. The predicted octanol–water partition coefficient (Wildman–Crippen LogP) is 0.266. The molecule has 1 aliphatic rings. The Morgan fingerprint density at radius 2 is 2.10 bits per heavy atom. The van der Waals surface area contributed by atoms with Crippen molar-refractivity contribution in [1.82, 2.24) is 10.0 Å². The van der Waals surface area contributed by atoms with E-state index >= 15 is 0 Å². The van der Waals surface area contributed by atoms with Gasteiger partial charge in [0.2, 0.25) is 15.9 Å². The SMILES string of the molecule is CC(NS(=O)(=O)c1cccc(C(N)=S)c1)C(=O)NC1CC1. The van der Waals surface area contributed by atoms with Gasteiger partial charge in [-0.2, -0.15) is 4.72 Å². The van der Waals surface area contributed by atoms with Crippen molar-refractivity contribution in [3.8, 4) is 0 Å². The minimum atomic E-state index is -3.80. The van der Waals surface area contributed by atoms with E-state index in [0.29, 0.717) is 5.56 Å². The number of carbonyl (C=O) groups excluding carboxylic acids is 1. The van der Waals surface area contributed by atoms with Crippen LogP contribution >= 0.6 is 12.2 Å². The van der Waals surface area contributed by atoms with Gasteiger partial charge in [-0.3, -0.25) is 4.79 Å². The van der Waals surface area contributed by atoms with E-state index in [9.17, 15) is 13.2 Å². The van der Waals surface area contributed by atoms with Crippen LogP contribution in [0.2, 0.25) is 0 Å². The maximum absolute atomic E-state index is 12.2. The molecule has 1 aliphatic carbocycles. The highest BCUT2D eigenvalue weighted by Gasteiger charge is 2.28. The maximum atomic E-state index is 12.2. The van der Waals surface area contributed by atoms with E-state index in [1.807, 2.05) is 0 Å². The van der Waals surface area contributed by atoms with E-state index in [0.717, 1.165) is 12.8 Å². The van der Waals surface area contributed by atoms with Crippen molar-refractivity contribution in [3.63, 3.8) is 0 Å². The van der Waals surface area contributed by atoms with Crippen LogP contribution in [0.1, 0.15) is 25.3 Å². The third-order valence-electron chi connectivity index (χ3n) is 3.08. The summed E-state index contributed by atoms with van der Waals surface area (Å²) in [6.07, 6.45) is 1.89. The van der Waals surface area contributed by atoms with Crippen LogP contribution in [0.25, 0.3) is 0 Å². The van der Waals surface area contributed by atoms with Crippen molar-refractivity contribution >= 4 is 33.1 Å². The molecule has 0 heterocycles. The molecule has 8 heteroatoms. The number of hydrogen-bond acceptors (Lipinski definition) is 4. The Bertz CT molecular complexity index is 669. The van der Waals surface area contributed by atoms with Gasteiger partial charge in [0.25, 0.3) is 0 Å². The minimum absolute atomic E-state index is 0.0267. The first kappa shape index (κ1) is 15.9. The summed E-state index contributed by atoms with van der Waals surface area (Å²) in [5, 5.41) is 2.75. The second-order valence-electron chi connectivity index (χ2n) is 5.02. The molecular weight excluding hydrogens is 310 g/mol. The van der Waals surface area contributed by atoms with E-state index in [1.165, 1.54) is 19.1 Å². The molecular formula is C13H17N3O3S2. The summed E-state index contributed by atoms with van der Waals surface area (Å²) in [6.45, 7) is 1.51. The van der Waals surface area contributed by atoms with Crippen molar-refractivity contribution in [3.05, 3.63) is 29.8 Å². The largest absolute Gasteiger partial charge is 0.389 e. The molecule has 1 atom stereocenters. The molecule has 4 N–H and O–H groups in total. The molecule has 0 aromatic heterocycles. The fraction of sp³-hybridized carbons (Fsp3) is 0.385. The summed E-state index contributed by atoms with van der Waals surface area (Å²) in [6, 6.07) is 5.33. The fourth-order valence-corrected chi connectivity index (χ4v) is 3.10. The number of rotatable bonds is 6. The average molecular weight is 327 g/mol. The molecule has 0 bridgehead atoms. The first-order chi connectivity index (χ1) is 9.79. The lowest BCUT2D eigenvalue weighted by molar-refractivity contribution is -0.122. The molecule has 2 rings (SSSR count). The maximum Gasteiger partial charge on any atom is 0.241 e. The Morgan fingerprint density at radius 3 is 2.67 bits per heavy atom. The molecule has 6 nitrogen and oxygen atoms in total. The molecule has 0 aliphatic heterocycles. The molecule has 1 fully saturated rings. The number of nitrogens with two attached hydrogens (primary N) is 1. The van der Waals surface area contributed by atoms with Crippen LogP contribution < -0.4 is 15.8 Å². The Hall–Kier alpha value is -1.51. The highest BCUT2D eigenvalue weighted by Crippen LogP contribution is 2.19. The third-order valence-corrected chi connectivity index (χ3v) is 4.85. The molecule has 0 spiro atoms. The Kier molecular flexibility index (Phi) is 4.60. The molecule has 114 valence electrons. The van der Waals surface area contributed by atoms with Crippen LogP contribution in [-0.2, 0) is 14.8 Å². The van der Waals surface area contributed by atoms with E-state index in [2.05, 4.69) is 10.0 Å². The molecule has 1 unspecified atom stereocenters. The number of nitrogens with one attached hydrogen (secondary N) is 2. The quantitative estimate of drug-likeness (QED) is 0.651. The molecule has 1 aromatic carbocycles. The van der Waals surface area contributed by atoms with Gasteiger partial charge in [-0.25, -0.2) is 8.42 Å². The van der Waals surface area contributed by atoms with E-state index < -0.39 is 16.1 Å². The molecule has 0 radical (unpaired) electrons. The summed E-state index contributed by atoms with van der Waals surface area (Å²) >= 11 is 4.83. The summed E-state index contributed by atoms with van der Waals surface area (Å²) in [7, 11) is -3.80. The van der Waals surface area contributed by atoms with Crippen molar-refractivity contribution in [1.29, 1.82) is 0 Å². The van der Waals surface area contributed by atoms with Crippen LogP contribution in [-0.4, -0.2) is 31.4 Å². The fourth-order valence-electron chi connectivity index (χ4n) is 1.72. The lowest BCUT2D eigenvalue weighted by Crippen LogP contribution is -2.45. The number of sulfonamides is 1. The predicted molar refractivity (Wildman–Crippen MR) is 83.3 cm³/mol. The molecule has 1 saturated carbocycles. The highest BCUT2D eigenvalue weighted by atomic mass is 32.2. The monoisotopic (exact) mass is 327 g/mol. The molecule has 21 heavy (non-hydrogen) atoms. The first-order valence-corrected chi connectivity index (χ1v) is 8.41. The summed E-state index contributed by atoms with van der Waals surface area (Å²) in [5.74, 6) is -0.327. The Morgan fingerprint density at radius 1 is 1.43 bits per heavy atom. The van der Waals surface area contributed by atoms with Crippen LogP contribution in [0.15, 0.2) is 29.2 Å². The zero-order valence-corrected chi connectivity index (χ0v) is 13.1. The average Bonchev–Trinajstić information content (AvgIpc) is 3.22. The Labute approximate surface area is 129 Å². The van der Waals surface area contributed by atoms with Gasteiger partial charge < -0.3 is 11.1 Å². The van der Waals surface area contributed by atoms with Crippen molar-refractivity contribution in [2.24, 2.45) is 5.73 Å². The lowest BCUT2D eigenvalue weighted by Gasteiger charge is -2.14. The van der Waals surface area contributed by atoms with Gasteiger partial charge in [-0.15, -0.1) is 0 Å². The smallest absolute Gasteiger partial charge is 0.241 e. The normalized spacial score (nSPS) is 16.2. The van der Waals surface area contributed by atoms with Crippen molar-refractivity contribution in [2.45, 2.75) is 36.7 Å². The number of benzene rings is 1. The third kappa shape index (κ3) is 4.23. The number of carbonyl (C=O) groups is 1. The second kappa shape index (κ2) is 6.08. The lowest BCUT2D eigenvalue weighted by atomic mass is 10.2. The van der Waals surface area contributed by atoms with Crippen LogP contribution in [0.4, 0.5) is 0 Å². The summed E-state index contributed by atoms with van der Waals surface area (Å²) in [4.78, 5) is 11.9. The molecule has 0 saturated heterocycles. The van der Waals surface area contributed by atoms with Gasteiger partial charge in [0.1, 0.15) is 4.99 Å². The number of amides is 1. The van der Waals surface area contributed by atoms with Crippen LogP contribution in [0, 0.1) is 0 Å². The first-order valence-electron chi connectivity index (χ1n) is 6.52. The minimum Gasteiger partial charge on any atom is -0.389 e. The van der Waals surface area contributed by atoms with E-state index in [-0.39, 0.29) is 21.8 Å². The van der Waals surface area contributed by atoms with Gasteiger partial charge in [-0.05, 0) is 31.9 Å². The van der Waals surface area contributed by atoms with Crippen LogP contribution in [0.5, 0.6) is 0 Å². The zero-order chi connectivity index (χ0) is 15.6. The van der Waals surface area contributed by atoms with Crippen molar-refractivity contribution in [2.75, 3.05) is 0 Å². The van der Waals surface area contributed by atoms with Gasteiger partial charge in [0.05, 0.1) is 10.9 Å². The van der Waals surface area contributed by atoms with Gasteiger partial charge in [-0.1, -0.05) is 24.4 Å². The second-order valence-corrected chi connectivity index (χ2v) is 7.17. The van der Waals surface area contributed by atoms with Gasteiger partial charge in [0, 0.05) is 11.6 Å².